The van der Waals surface area contributed by atoms with Crippen LogP contribution in [-0.2, 0) is 4.79 Å². The predicted molar refractivity (Wildman–Crippen MR) is 82.0 cm³/mol. The van der Waals surface area contributed by atoms with Crippen molar-refractivity contribution < 1.29 is 9.90 Å². The highest BCUT2D eigenvalue weighted by Crippen LogP contribution is 2.25. The summed E-state index contributed by atoms with van der Waals surface area (Å²) >= 11 is 0. The maximum Gasteiger partial charge on any atom is 0.303 e. The smallest absolute Gasteiger partial charge is 0.303 e. The van der Waals surface area contributed by atoms with E-state index in [0.29, 0.717) is 0 Å². The van der Waals surface area contributed by atoms with Gasteiger partial charge in [0.1, 0.15) is 0 Å². The number of benzene rings is 2. The minimum absolute atomic E-state index is 0.0429. The van der Waals surface area contributed by atoms with E-state index in [0.717, 1.165) is 5.56 Å². The fourth-order valence-corrected chi connectivity index (χ4v) is 2.30. The quantitative estimate of drug-likeness (QED) is 0.883. The SMILES string of the molecule is Cc1ccc(-c2ccc(C(C)CC(=O)O)cc2)cc1C. The molecule has 0 fully saturated rings. The molecule has 2 aromatic rings. The summed E-state index contributed by atoms with van der Waals surface area (Å²) in [6.07, 6.45) is 0.170. The molecule has 0 aromatic heterocycles. The van der Waals surface area contributed by atoms with E-state index in [-0.39, 0.29) is 12.3 Å². The van der Waals surface area contributed by atoms with Crippen molar-refractivity contribution in [3.05, 3.63) is 59.2 Å². The Balaban J connectivity index is 2.23. The van der Waals surface area contributed by atoms with Crippen molar-refractivity contribution in [3.63, 3.8) is 0 Å². The first-order chi connectivity index (χ1) is 9.47. The van der Waals surface area contributed by atoms with E-state index in [1.165, 1.54) is 22.3 Å². The van der Waals surface area contributed by atoms with Crippen LogP contribution >= 0.6 is 0 Å². The summed E-state index contributed by atoms with van der Waals surface area (Å²) < 4.78 is 0. The second-order valence-electron chi connectivity index (χ2n) is 5.42. The second-order valence-corrected chi connectivity index (χ2v) is 5.42. The van der Waals surface area contributed by atoms with Crippen molar-refractivity contribution in [1.29, 1.82) is 0 Å². The Hall–Kier alpha value is -2.09. The Morgan fingerprint density at radius 1 is 1.00 bits per heavy atom. The molecular formula is C18H20O2. The van der Waals surface area contributed by atoms with Gasteiger partial charge in [0.15, 0.2) is 0 Å². The van der Waals surface area contributed by atoms with Crippen molar-refractivity contribution in [2.45, 2.75) is 33.1 Å². The van der Waals surface area contributed by atoms with Gasteiger partial charge in [-0.3, -0.25) is 4.79 Å². The molecule has 0 radical (unpaired) electrons. The summed E-state index contributed by atoms with van der Waals surface area (Å²) in [7, 11) is 0. The van der Waals surface area contributed by atoms with E-state index in [1.807, 2.05) is 19.1 Å². The molecule has 0 saturated carbocycles. The van der Waals surface area contributed by atoms with Crippen LogP contribution in [0.25, 0.3) is 11.1 Å². The molecule has 0 bridgehead atoms. The Labute approximate surface area is 120 Å². The Bertz CT molecular complexity index is 612. The van der Waals surface area contributed by atoms with Crippen LogP contribution in [0.2, 0.25) is 0 Å². The summed E-state index contributed by atoms with van der Waals surface area (Å²) in [5, 5.41) is 8.83. The van der Waals surface area contributed by atoms with Crippen LogP contribution in [0.4, 0.5) is 0 Å². The van der Waals surface area contributed by atoms with Gasteiger partial charge in [0.05, 0.1) is 6.42 Å². The van der Waals surface area contributed by atoms with Crippen molar-refractivity contribution in [2.75, 3.05) is 0 Å². The molecule has 1 N–H and O–H groups in total. The molecule has 2 rings (SSSR count). The molecule has 0 aliphatic rings. The average molecular weight is 268 g/mol. The van der Waals surface area contributed by atoms with Gasteiger partial charge in [0, 0.05) is 0 Å². The summed E-state index contributed by atoms with van der Waals surface area (Å²) in [6.45, 7) is 6.16. The molecule has 2 heteroatoms. The number of hydrogen-bond donors (Lipinski definition) is 1. The van der Waals surface area contributed by atoms with Gasteiger partial charge in [-0.2, -0.15) is 0 Å². The molecule has 104 valence electrons. The van der Waals surface area contributed by atoms with Crippen LogP contribution in [0, 0.1) is 13.8 Å². The van der Waals surface area contributed by atoms with Crippen LogP contribution in [0.15, 0.2) is 42.5 Å². The molecule has 0 amide bonds. The number of carboxylic acid groups (broad SMARTS) is 1. The van der Waals surface area contributed by atoms with Gasteiger partial charge in [0.25, 0.3) is 0 Å². The van der Waals surface area contributed by atoms with Crippen molar-refractivity contribution in [2.24, 2.45) is 0 Å². The highest BCUT2D eigenvalue weighted by molar-refractivity contribution is 5.68. The minimum atomic E-state index is -0.754. The molecular weight excluding hydrogens is 248 g/mol. The van der Waals surface area contributed by atoms with Crippen molar-refractivity contribution in [3.8, 4) is 11.1 Å². The summed E-state index contributed by atoms with van der Waals surface area (Å²) in [6, 6.07) is 14.6. The maximum atomic E-state index is 10.7. The van der Waals surface area contributed by atoms with Gasteiger partial charge >= 0.3 is 5.97 Å². The number of carbonyl (C=O) groups is 1. The van der Waals surface area contributed by atoms with E-state index in [2.05, 4.69) is 44.2 Å². The summed E-state index contributed by atoms with van der Waals surface area (Å²) in [5.74, 6) is -0.711. The molecule has 0 spiro atoms. The average Bonchev–Trinajstić information content (AvgIpc) is 2.41. The monoisotopic (exact) mass is 268 g/mol. The topological polar surface area (TPSA) is 37.3 Å². The first-order valence-corrected chi connectivity index (χ1v) is 6.86. The zero-order valence-corrected chi connectivity index (χ0v) is 12.2. The van der Waals surface area contributed by atoms with Gasteiger partial charge in [-0.25, -0.2) is 0 Å². The van der Waals surface area contributed by atoms with Crippen LogP contribution in [-0.4, -0.2) is 11.1 Å². The second kappa shape index (κ2) is 5.91. The third-order valence-corrected chi connectivity index (χ3v) is 3.80. The van der Waals surface area contributed by atoms with Gasteiger partial charge < -0.3 is 5.11 Å². The van der Waals surface area contributed by atoms with Gasteiger partial charge in [-0.15, -0.1) is 0 Å². The lowest BCUT2D eigenvalue weighted by atomic mass is 9.94. The van der Waals surface area contributed by atoms with E-state index < -0.39 is 5.97 Å². The Morgan fingerprint density at radius 2 is 1.60 bits per heavy atom. The van der Waals surface area contributed by atoms with Gasteiger partial charge in [0.2, 0.25) is 0 Å². The van der Waals surface area contributed by atoms with Gasteiger partial charge in [-0.05, 0) is 47.6 Å². The standard InChI is InChI=1S/C18H20O2/c1-12-4-5-17(10-13(12)2)16-8-6-15(7-9-16)14(3)11-18(19)20/h4-10,14H,11H2,1-3H3,(H,19,20). The largest absolute Gasteiger partial charge is 0.481 e. The summed E-state index contributed by atoms with van der Waals surface area (Å²) in [4.78, 5) is 10.7. The molecule has 0 aliphatic heterocycles. The third-order valence-electron chi connectivity index (χ3n) is 3.80. The van der Waals surface area contributed by atoms with Crippen LogP contribution < -0.4 is 0 Å². The molecule has 0 saturated heterocycles. The van der Waals surface area contributed by atoms with E-state index in [1.54, 1.807) is 0 Å². The summed E-state index contributed by atoms with van der Waals surface area (Å²) in [5.41, 5.74) is 6.01. The molecule has 1 atom stereocenters. The zero-order valence-electron chi connectivity index (χ0n) is 12.2. The molecule has 1 unspecified atom stereocenters. The Morgan fingerprint density at radius 3 is 2.15 bits per heavy atom. The van der Waals surface area contributed by atoms with Crippen molar-refractivity contribution >= 4 is 5.97 Å². The van der Waals surface area contributed by atoms with E-state index in [4.69, 9.17) is 5.11 Å². The molecule has 0 aliphatic carbocycles. The van der Waals surface area contributed by atoms with E-state index in [9.17, 15) is 4.79 Å². The van der Waals surface area contributed by atoms with Gasteiger partial charge in [-0.1, -0.05) is 49.4 Å². The van der Waals surface area contributed by atoms with Crippen LogP contribution in [0.5, 0.6) is 0 Å². The third kappa shape index (κ3) is 3.27. The highest BCUT2D eigenvalue weighted by Gasteiger charge is 2.10. The number of hydrogen-bond acceptors (Lipinski definition) is 1. The molecule has 2 aromatic carbocycles. The van der Waals surface area contributed by atoms with Crippen LogP contribution in [0.1, 0.15) is 36.0 Å². The lowest BCUT2D eigenvalue weighted by Crippen LogP contribution is -2.02. The molecule has 20 heavy (non-hydrogen) atoms. The fourth-order valence-electron chi connectivity index (χ4n) is 2.30. The first kappa shape index (κ1) is 14.3. The number of rotatable bonds is 4. The van der Waals surface area contributed by atoms with E-state index >= 15 is 0 Å². The lowest BCUT2D eigenvalue weighted by molar-refractivity contribution is -0.137. The normalized spacial score (nSPS) is 12.2. The van der Waals surface area contributed by atoms with Crippen LogP contribution in [0.3, 0.4) is 0 Å². The van der Waals surface area contributed by atoms with Crippen molar-refractivity contribution in [1.82, 2.24) is 0 Å². The predicted octanol–water partition coefficient (Wildman–Crippen LogP) is 4.55. The number of carboxylic acids is 1. The maximum absolute atomic E-state index is 10.7. The lowest BCUT2D eigenvalue weighted by Gasteiger charge is -2.11. The minimum Gasteiger partial charge on any atom is -0.481 e. The first-order valence-electron chi connectivity index (χ1n) is 6.86. The molecule has 2 nitrogen and oxygen atoms in total. The molecule has 0 heterocycles. The fraction of sp³-hybridized carbons (Fsp3) is 0.278. The number of aryl methyl sites for hydroxylation is 2. The highest BCUT2D eigenvalue weighted by atomic mass is 16.4. The zero-order chi connectivity index (χ0) is 14.7. The Kier molecular flexibility index (Phi) is 4.23. The number of aliphatic carboxylic acids is 1.